The molecule has 0 bridgehead atoms. The molecule has 2 aromatic carbocycles. The molecule has 1 aliphatic heterocycles. The van der Waals surface area contributed by atoms with Crippen LogP contribution in [0.3, 0.4) is 0 Å². The zero-order chi connectivity index (χ0) is 28.3. The number of aryl methyl sites for hydroxylation is 1. The SMILES string of the molecule is Cc1cc(/C(O)=C2/C(=O)C(=O)N(Cc3ccc(C(=O)OC(C)C)cc3)C2c2cccnc2)ccc1OC(C)C. The lowest BCUT2D eigenvalue weighted by molar-refractivity contribution is -0.140. The number of esters is 1. The fraction of sp³-hybridized carbons (Fsp3) is 0.290. The summed E-state index contributed by atoms with van der Waals surface area (Å²) in [6.45, 7) is 9.33. The van der Waals surface area contributed by atoms with Gasteiger partial charge in [0.25, 0.3) is 11.7 Å². The first kappa shape index (κ1) is 27.6. The first-order valence-corrected chi connectivity index (χ1v) is 12.8. The molecule has 1 atom stereocenters. The highest BCUT2D eigenvalue weighted by molar-refractivity contribution is 6.46. The summed E-state index contributed by atoms with van der Waals surface area (Å²) in [5.41, 5.74) is 2.87. The summed E-state index contributed by atoms with van der Waals surface area (Å²) in [6.07, 6.45) is 2.91. The molecule has 0 saturated carbocycles. The van der Waals surface area contributed by atoms with Crippen LogP contribution < -0.4 is 4.74 Å². The van der Waals surface area contributed by atoms with Crippen molar-refractivity contribution in [2.24, 2.45) is 0 Å². The Morgan fingerprint density at radius 2 is 1.69 bits per heavy atom. The normalized spacial score (nSPS) is 16.7. The number of aromatic nitrogens is 1. The van der Waals surface area contributed by atoms with E-state index in [0.717, 1.165) is 5.56 Å². The van der Waals surface area contributed by atoms with E-state index in [-0.39, 0.29) is 30.1 Å². The molecular weight excluding hydrogens is 496 g/mol. The van der Waals surface area contributed by atoms with Gasteiger partial charge in [0.1, 0.15) is 11.5 Å². The summed E-state index contributed by atoms with van der Waals surface area (Å²) in [5.74, 6) is -1.54. The lowest BCUT2D eigenvalue weighted by Crippen LogP contribution is -2.29. The van der Waals surface area contributed by atoms with E-state index >= 15 is 0 Å². The second-order valence-electron chi connectivity index (χ2n) is 10.0. The molecule has 1 fully saturated rings. The number of likely N-dealkylation sites (tertiary alicyclic amines) is 1. The van der Waals surface area contributed by atoms with Crippen LogP contribution in [0.15, 0.2) is 72.6 Å². The van der Waals surface area contributed by atoms with Crippen molar-refractivity contribution in [3.05, 3.63) is 100 Å². The molecule has 3 aromatic rings. The van der Waals surface area contributed by atoms with E-state index in [0.29, 0.717) is 28.0 Å². The fourth-order valence-corrected chi connectivity index (χ4v) is 4.49. The zero-order valence-corrected chi connectivity index (χ0v) is 22.7. The van der Waals surface area contributed by atoms with E-state index in [1.165, 1.54) is 4.90 Å². The Morgan fingerprint density at radius 1 is 1.00 bits per heavy atom. The number of hydrogen-bond acceptors (Lipinski definition) is 7. The van der Waals surface area contributed by atoms with E-state index in [9.17, 15) is 19.5 Å². The number of hydrogen-bond donors (Lipinski definition) is 1. The number of aliphatic hydroxyl groups is 1. The maximum atomic E-state index is 13.3. The maximum absolute atomic E-state index is 13.3. The second-order valence-corrected chi connectivity index (χ2v) is 10.0. The minimum absolute atomic E-state index is 0.0120. The Balaban J connectivity index is 1.72. The molecule has 8 nitrogen and oxygen atoms in total. The predicted molar refractivity (Wildman–Crippen MR) is 146 cm³/mol. The largest absolute Gasteiger partial charge is 0.507 e. The van der Waals surface area contributed by atoms with E-state index in [2.05, 4.69) is 4.98 Å². The van der Waals surface area contributed by atoms with Gasteiger partial charge in [-0.15, -0.1) is 0 Å². The van der Waals surface area contributed by atoms with Crippen molar-refractivity contribution in [3.63, 3.8) is 0 Å². The van der Waals surface area contributed by atoms with Crippen LogP contribution in [0.4, 0.5) is 0 Å². The summed E-state index contributed by atoms with van der Waals surface area (Å²) >= 11 is 0. The number of Topliss-reactive ketones (excluding diaryl/α,β-unsaturated/α-hetero) is 1. The molecule has 1 aliphatic rings. The van der Waals surface area contributed by atoms with Gasteiger partial charge in [-0.3, -0.25) is 14.6 Å². The summed E-state index contributed by atoms with van der Waals surface area (Å²) in [5, 5.41) is 11.4. The average molecular weight is 529 g/mol. The lowest BCUT2D eigenvalue weighted by Gasteiger charge is -2.25. The van der Waals surface area contributed by atoms with Gasteiger partial charge in [0.2, 0.25) is 0 Å². The first-order chi connectivity index (χ1) is 18.6. The van der Waals surface area contributed by atoms with Crippen LogP contribution in [0.25, 0.3) is 5.76 Å². The molecular formula is C31H32N2O6. The molecule has 4 rings (SSSR count). The van der Waals surface area contributed by atoms with Crippen LogP contribution in [0, 0.1) is 6.92 Å². The average Bonchev–Trinajstić information content (AvgIpc) is 3.14. The Morgan fingerprint density at radius 3 is 2.28 bits per heavy atom. The molecule has 0 spiro atoms. The highest BCUT2D eigenvalue weighted by Crippen LogP contribution is 2.40. The third-order valence-corrected chi connectivity index (χ3v) is 6.24. The van der Waals surface area contributed by atoms with E-state index < -0.39 is 23.7 Å². The molecule has 2 heterocycles. The topological polar surface area (TPSA) is 106 Å². The quantitative estimate of drug-likeness (QED) is 0.181. The van der Waals surface area contributed by atoms with Crippen molar-refractivity contribution >= 4 is 23.4 Å². The van der Waals surface area contributed by atoms with E-state index in [1.807, 2.05) is 20.8 Å². The third-order valence-electron chi connectivity index (χ3n) is 6.24. The molecule has 1 aromatic heterocycles. The molecule has 0 radical (unpaired) electrons. The summed E-state index contributed by atoms with van der Waals surface area (Å²) in [7, 11) is 0. The van der Waals surface area contributed by atoms with Gasteiger partial charge in [0.05, 0.1) is 29.4 Å². The van der Waals surface area contributed by atoms with Crippen LogP contribution in [-0.4, -0.2) is 44.9 Å². The van der Waals surface area contributed by atoms with Gasteiger partial charge >= 0.3 is 5.97 Å². The van der Waals surface area contributed by atoms with Crippen molar-refractivity contribution in [2.75, 3.05) is 0 Å². The van der Waals surface area contributed by atoms with Crippen LogP contribution >= 0.6 is 0 Å². The Hall–Kier alpha value is -4.46. The number of pyridine rings is 1. The maximum Gasteiger partial charge on any atom is 0.338 e. The minimum atomic E-state index is -0.851. The number of nitrogens with zero attached hydrogens (tertiary/aromatic N) is 2. The van der Waals surface area contributed by atoms with Crippen LogP contribution in [0.1, 0.15) is 66.3 Å². The van der Waals surface area contributed by atoms with Gasteiger partial charge in [0.15, 0.2) is 0 Å². The van der Waals surface area contributed by atoms with E-state index in [4.69, 9.17) is 9.47 Å². The molecule has 39 heavy (non-hydrogen) atoms. The van der Waals surface area contributed by atoms with E-state index in [1.54, 1.807) is 80.8 Å². The van der Waals surface area contributed by atoms with Gasteiger partial charge in [-0.2, -0.15) is 0 Å². The molecule has 1 N–H and O–H groups in total. The first-order valence-electron chi connectivity index (χ1n) is 12.8. The van der Waals surface area contributed by atoms with Crippen LogP contribution in [0.2, 0.25) is 0 Å². The van der Waals surface area contributed by atoms with Crippen LogP contribution in [0.5, 0.6) is 5.75 Å². The van der Waals surface area contributed by atoms with Crippen molar-refractivity contribution in [2.45, 2.75) is 59.4 Å². The third kappa shape index (κ3) is 6.00. The van der Waals surface area contributed by atoms with Crippen molar-refractivity contribution in [3.8, 4) is 5.75 Å². The summed E-state index contributed by atoms with van der Waals surface area (Å²) < 4.78 is 11.0. The van der Waals surface area contributed by atoms with Gasteiger partial charge < -0.3 is 19.5 Å². The fourth-order valence-electron chi connectivity index (χ4n) is 4.49. The lowest BCUT2D eigenvalue weighted by atomic mass is 9.95. The Labute approximate surface area is 227 Å². The van der Waals surface area contributed by atoms with Gasteiger partial charge in [-0.05, 0) is 87.7 Å². The number of carbonyl (C=O) groups is 3. The monoisotopic (exact) mass is 528 g/mol. The predicted octanol–water partition coefficient (Wildman–Crippen LogP) is 5.36. The second kappa shape index (κ2) is 11.5. The Kier molecular flexibility index (Phi) is 8.14. The number of amides is 1. The van der Waals surface area contributed by atoms with Crippen molar-refractivity contribution in [1.82, 2.24) is 9.88 Å². The highest BCUT2D eigenvalue weighted by atomic mass is 16.5. The zero-order valence-electron chi connectivity index (χ0n) is 22.7. The smallest absolute Gasteiger partial charge is 0.338 e. The van der Waals surface area contributed by atoms with Gasteiger partial charge in [-0.1, -0.05) is 18.2 Å². The number of carbonyl (C=O) groups excluding carboxylic acids is 3. The number of aliphatic hydroxyl groups excluding tert-OH is 1. The Bertz CT molecular complexity index is 1410. The number of benzene rings is 2. The highest BCUT2D eigenvalue weighted by Gasteiger charge is 2.46. The van der Waals surface area contributed by atoms with Gasteiger partial charge in [0, 0.05) is 24.5 Å². The van der Waals surface area contributed by atoms with Crippen molar-refractivity contribution < 1.29 is 29.0 Å². The van der Waals surface area contributed by atoms with Crippen LogP contribution in [-0.2, 0) is 20.9 Å². The van der Waals surface area contributed by atoms with Crippen molar-refractivity contribution in [1.29, 1.82) is 0 Å². The molecule has 202 valence electrons. The molecule has 1 amide bonds. The summed E-state index contributed by atoms with van der Waals surface area (Å²) in [6, 6.07) is 14.5. The summed E-state index contributed by atoms with van der Waals surface area (Å²) in [4.78, 5) is 44.4. The molecule has 0 aliphatic carbocycles. The minimum Gasteiger partial charge on any atom is -0.507 e. The van der Waals surface area contributed by atoms with Gasteiger partial charge in [-0.25, -0.2) is 4.79 Å². The number of ketones is 1. The number of rotatable bonds is 8. The standard InChI is InChI=1S/C31H32N2O6/c1-18(2)38-25-13-12-23(15-20(25)5)28(34)26-27(24-7-6-14-32-16-24)33(30(36)29(26)35)17-21-8-10-22(11-9-21)31(37)39-19(3)4/h6-16,18-19,27,34H,17H2,1-5H3/b28-26-. The molecule has 8 heteroatoms. The molecule has 1 saturated heterocycles. The molecule has 1 unspecified atom stereocenters. The number of ether oxygens (including phenoxy) is 2.